The fourth-order valence-electron chi connectivity index (χ4n) is 1.58. The average Bonchev–Trinajstić information content (AvgIpc) is 2.32. The van der Waals surface area contributed by atoms with Crippen molar-refractivity contribution in [2.24, 2.45) is 0 Å². The number of nitrogens with zero attached hydrogens (tertiary/aromatic N) is 2. The molecule has 0 fully saturated rings. The number of hydrogen-bond acceptors (Lipinski definition) is 3. The Morgan fingerprint density at radius 1 is 1.44 bits per heavy atom. The van der Waals surface area contributed by atoms with E-state index in [2.05, 4.69) is 10.3 Å². The highest BCUT2D eigenvalue weighted by atomic mass is 16.2. The molecule has 4 heteroatoms. The van der Waals surface area contributed by atoms with Crippen LogP contribution in [0, 0.1) is 0 Å². The highest BCUT2D eigenvalue weighted by molar-refractivity contribution is 5.93. The van der Waals surface area contributed by atoms with Gasteiger partial charge in [-0.3, -0.25) is 9.78 Å². The minimum absolute atomic E-state index is 0.170. The number of aromatic nitrogens is 1. The normalized spacial score (nSPS) is 10.1. The average molecular weight is 221 g/mol. The summed E-state index contributed by atoms with van der Waals surface area (Å²) in [7, 11) is 1.89. The largest absolute Gasteiger partial charge is 0.320 e. The van der Waals surface area contributed by atoms with Gasteiger partial charge in [-0.05, 0) is 39.1 Å². The van der Waals surface area contributed by atoms with Crippen molar-refractivity contribution < 1.29 is 4.79 Å². The first-order chi connectivity index (χ1) is 7.79. The lowest BCUT2D eigenvalue weighted by atomic mass is 10.2. The quantitative estimate of drug-likeness (QED) is 0.739. The third-order valence-corrected chi connectivity index (χ3v) is 2.41. The first-order valence-corrected chi connectivity index (χ1v) is 5.64. The minimum atomic E-state index is 0.170. The van der Waals surface area contributed by atoms with E-state index >= 15 is 0 Å². The van der Waals surface area contributed by atoms with E-state index in [1.54, 1.807) is 17.3 Å². The Kier molecular flexibility index (Phi) is 5.50. The van der Waals surface area contributed by atoms with E-state index in [1.807, 2.05) is 26.1 Å². The molecule has 0 spiro atoms. The Morgan fingerprint density at radius 2 is 2.12 bits per heavy atom. The van der Waals surface area contributed by atoms with Crippen molar-refractivity contribution in [3.8, 4) is 0 Å². The lowest BCUT2D eigenvalue weighted by molar-refractivity contribution is -0.118. The summed E-state index contributed by atoms with van der Waals surface area (Å²) in [5, 5.41) is 3.04. The fraction of sp³-hybridized carbons (Fsp3) is 0.500. The zero-order chi connectivity index (χ0) is 11.8. The number of nitrogens with one attached hydrogen (secondary N) is 1. The Morgan fingerprint density at radius 3 is 2.69 bits per heavy atom. The number of hydrogen-bond donors (Lipinski definition) is 1. The van der Waals surface area contributed by atoms with Gasteiger partial charge in [-0.2, -0.15) is 0 Å². The van der Waals surface area contributed by atoms with E-state index in [0.717, 1.165) is 18.7 Å². The number of carbonyl (C=O) groups is 1. The summed E-state index contributed by atoms with van der Waals surface area (Å²) >= 11 is 0. The Balaban J connectivity index is 2.57. The molecule has 0 aliphatic heterocycles. The number of rotatable bonds is 6. The molecule has 1 amide bonds. The maximum absolute atomic E-state index is 11.9. The van der Waals surface area contributed by atoms with Crippen LogP contribution in [-0.2, 0) is 4.79 Å². The maximum atomic E-state index is 11.9. The zero-order valence-corrected chi connectivity index (χ0v) is 9.94. The van der Waals surface area contributed by atoms with Crippen LogP contribution in [0.4, 0.5) is 5.69 Å². The molecule has 1 N–H and O–H groups in total. The minimum Gasteiger partial charge on any atom is -0.320 e. The summed E-state index contributed by atoms with van der Waals surface area (Å²) in [6, 6.07) is 3.72. The van der Waals surface area contributed by atoms with Gasteiger partial charge < -0.3 is 10.2 Å². The predicted octanol–water partition coefficient (Wildman–Crippen LogP) is 1.43. The summed E-state index contributed by atoms with van der Waals surface area (Å²) in [4.78, 5) is 17.7. The number of pyridine rings is 1. The van der Waals surface area contributed by atoms with Gasteiger partial charge in [0.15, 0.2) is 0 Å². The van der Waals surface area contributed by atoms with Gasteiger partial charge in [-0.15, -0.1) is 0 Å². The zero-order valence-electron chi connectivity index (χ0n) is 9.94. The molecule has 0 aliphatic rings. The molecule has 0 saturated carbocycles. The molecule has 1 rings (SSSR count). The second-order valence-corrected chi connectivity index (χ2v) is 3.55. The fourth-order valence-corrected chi connectivity index (χ4v) is 1.58. The lowest BCUT2D eigenvalue weighted by Gasteiger charge is -2.20. The number of carbonyl (C=O) groups excluding carboxylic acids is 1. The van der Waals surface area contributed by atoms with Gasteiger partial charge in [0.1, 0.15) is 0 Å². The van der Waals surface area contributed by atoms with Gasteiger partial charge >= 0.3 is 0 Å². The molecule has 0 saturated heterocycles. The van der Waals surface area contributed by atoms with Gasteiger partial charge in [0.25, 0.3) is 0 Å². The SMILES string of the molecule is CCN(C(=O)CCCNC)c1ccncc1. The van der Waals surface area contributed by atoms with Crippen LogP contribution in [0.1, 0.15) is 19.8 Å². The van der Waals surface area contributed by atoms with Crippen molar-refractivity contribution in [2.45, 2.75) is 19.8 Å². The Hall–Kier alpha value is -1.42. The molecule has 88 valence electrons. The summed E-state index contributed by atoms with van der Waals surface area (Å²) in [5.74, 6) is 0.170. The second kappa shape index (κ2) is 6.95. The van der Waals surface area contributed by atoms with Gasteiger partial charge in [-0.1, -0.05) is 0 Å². The summed E-state index contributed by atoms with van der Waals surface area (Å²) in [6.45, 7) is 3.55. The highest BCUT2D eigenvalue weighted by Crippen LogP contribution is 2.13. The maximum Gasteiger partial charge on any atom is 0.227 e. The van der Waals surface area contributed by atoms with Gasteiger partial charge in [0, 0.05) is 31.0 Å². The Bertz CT molecular complexity index is 313. The van der Waals surface area contributed by atoms with E-state index in [-0.39, 0.29) is 5.91 Å². The smallest absolute Gasteiger partial charge is 0.227 e. The van der Waals surface area contributed by atoms with Gasteiger partial charge in [0.05, 0.1) is 0 Å². The second-order valence-electron chi connectivity index (χ2n) is 3.55. The van der Waals surface area contributed by atoms with E-state index in [1.165, 1.54) is 0 Å². The Labute approximate surface area is 96.7 Å². The van der Waals surface area contributed by atoms with Crippen LogP contribution in [0.25, 0.3) is 0 Å². The highest BCUT2D eigenvalue weighted by Gasteiger charge is 2.12. The monoisotopic (exact) mass is 221 g/mol. The topological polar surface area (TPSA) is 45.2 Å². The molecule has 1 aromatic heterocycles. The molecule has 4 nitrogen and oxygen atoms in total. The summed E-state index contributed by atoms with van der Waals surface area (Å²) < 4.78 is 0. The first kappa shape index (κ1) is 12.6. The molecule has 0 atom stereocenters. The molecule has 16 heavy (non-hydrogen) atoms. The van der Waals surface area contributed by atoms with Crippen molar-refractivity contribution in [3.05, 3.63) is 24.5 Å². The molecule has 0 radical (unpaired) electrons. The number of anilines is 1. The van der Waals surface area contributed by atoms with Crippen LogP contribution in [0.15, 0.2) is 24.5 Å². The van der Waals surface area contributed by atoms with Crippen LogP contribution >= 0.6 is 0 Å². The van der Waals surface area contributed by atoms with Crippen LogP contribution in [0.3, 0.4) is 0 Å². The van der Waals surface area contributed by atoms with Crippen LogP contribution in [0.5, 0.6) is 0 Å². The summed E-state index contributed by atoms with van der Waals surface area (Å²) in [5.41, 5.74) is 0.923. The van der Waals surface area contributed by atoms with E-state index in [4.69, 9.17) is 0 Å². The van der Waals surface area contributed by atoms with Crippen molar-refractivity contribution in [2.75, 3.05) is 25.0 Å². The molecule has 0 bridgehead atoms. The third kappa shape index (κ3) is 3.62. The van der Waals surface area contributed by atoms with E-state index < -0.39 is 0 Å². The molecular formula is C12H19N3O. The molecule has 1 heterocycles. The standard InChI is InChI=1S/C12H19N3O/c1-3-15(11-6-9-14-10-7-11)12(16)5-4-8-13-2/h6-7,9-10,13H,3-5,8H2,1-2H3. The first-order valence-electron chi connectivity index (χ1n) is 5.64. The molecule has 1 aromatic rings. The van der Waals surface area contributed by atoms with Crippen molar-refractivity contribution in [1.82, 2.24) is 10.3 Å². The van der Waals surface area contributed by atoms with Gasteiger partial charge in [0.2, 0.25) is 5.91 Å². The van der Waals surface area contributed by atoms with Crippen molar-refractivity contribution in [1.29, 1.82) is 0 Å². The number of amides is 1. The van der Waals surface area contributed by atoms with Crippen molar-refractivity contribution >= 4 is 11.6 Å². The van der Waals surface area contributed by atoms with Crippen molar-refractivity contribution in [3.63, 3.8) is 0 Å². The predicted molar refractivity (Wildman–Crippen MR) is 65.4 cm³/mol. The van der Waals surface area contributed by atoms with Gasteiger partial charge in [-0.25, -0.2) is 0 Å². The molecule has 0 unspecified atom stereocenters. The molecular weight excluding hydrogens is 202 g/mol. The molecule has 0 aromatic carbocycles. The van der Waals surface area contributed by atoms with Crippen LogP contribution in [0.2, 0.25) is 0 Å². The summed E-state index contributed by atoms with van der Waals surface area (Å²) in [6.07, 6.45) is 4.87. The third-order valence-electron chi connectivity index (χ3n) is 2.41. The van der Waals surface area contributed by atoms with E-state index in [9.17, 15) is 4.79 Å². The molecule has 0 aliphatic carbocycles. The van der Waals surface area contributed by atoms with Crippen LogP contribution in [-0.4, -0.2) is 31.0 Å². The van der Waals surface area contributed by atoms with E-state index in [0.29, 0.717) is 13.0 Å². The lowest BCUT2D eigenvalue weighted by Crippen LogP contribution is -2.30. The van der Waals surface area contributed by atoms with Crippen LogP contribution < -0.4 is 10.2 Å².